The van der Waals surface area contributed by atoms with Crippen molar-refractivity contribution in [3.8, 4) is 11.8 Å². The molecule has 3 atom stereocenters. The lowest BCUT2D eigenvalue weighted by Gasteiger charge is -2.54. The summed E-state index contributed by atoms with van der Waals surface area (Å²) in [5, 5.41) is 16.0. The van der Waals surface area contributed by atoms with Gasteiger partial charge >= 0.3 is 0 Å². The van der Waals surface area contributed by atoms with Crippen LogP contribution >= 0.6 is 0 Å². The lowest BCUT2D eigenvalue weighted by atomic mass is 9.62. The van der Waals surface area contributed by atoms with Crippen LogP contribution < -0.4 is 20.1 Å². The molecule has 12 heteroatoms. The van der Waals surface area contributed by atoms with E-state index in [2.05, 4.69) is 21.4 Å². The van der Waals surface area contributed by atoms with Crippen LogP contribution in [0, 0.1) is 23.2 Å². The van der Waals surface area contributed by atoms with E-state index in [0.29, 0.717) is 41.8 Å². The minimum Gasteiger partial charge on any atom is -0.486 e. The smallest absolute Gasteiger partial charge is 0.236 e. The zero-order valence-electron chi connectivity index (χ0n) is 25.0. The molecule has 10 nitrogen and oxygen atoms in total. The highest BCUT2D eigenvalue weighted by Crippen LogP contribution is 2.53. The van der Waals surface area contributed by atoms with E-state index in [9.17, 15) is 26.9 Å². The molecular weight excluding hydrogens is 613 g/mol. The number of aryl methyl sites for hydroxylation is 1. The van der Waals surface area contributed by atoms with Gasteiger partial charge in [-0.1, -0.05) is 24.3 Å². The van der Waals surface area contributed by atoms with E-state index in [1.807, 2.05) is 18.2 Å². The Balaban J connectivity index is 1.42. The first kappa shape index (κ1) is 31.1. The van der Waals surface area contributed by atoms with Crippen LogP contribution in [0.25, 0.3) is 0 Å². The number of rotatable bonds is 7. The molecule has 3 aromatic carbocycles. The number of nitrogens with zero attached hydrogens (tertiary/aromatic N) is 1. The van der Waals surface area contributed by atoms with Gasteiger partial charge in [0.15, 0.2) is 9.84 Å². The average molecular weight is 649 g/mol. The molecule has 0 aromatic heterocycles. The number of hydrogen-bond donors (Lipinski definition) is 3. The number of nitriles is 1. The van der Waals surface area contributed by atoms with Crippen molar-refractivity contribution in [3.05, 3.63) is 89.0 Å². The Labute approximate surface area is 264 Å². The fraction of sp³-hybridized carbons (Fsp3) is 0.394. The number of anilines is 1. The summed E-state index contributed by atoms with van der Waals surface area (Å²) in [5.41, 5.74) is 3.19. The van der Waals surface area contributed by atoms with E-state index in [1.54, 1.807) is 36.4 Å². The second-order valence-corrected chi connectivity index (χ2v) is 16.0. The van der Waals surface area contributed by atoms with Gasteiger partial charge in [-0.05, 0) is 105 Å². The molecule has 0 radical (unpaired) electrons. The molecule has 1 fully saturated rings. The van der Waals surface area contributed by atoms with E-state index in [4.69, 9.17) is 4.74 Å². The zero-order valence-corrected chi connectivity index (χ0v) is 26.6. The molecule has 1 spiro atoms. The number of fused-ring (bicyclic) bond motifs is 2. The fourth-order valence-corrected chi connectivity index (χ4v) is 9.08. The van der Waals surface area contributed by atoms with Gasteiger partial charge in [-0.15, -0.1) is 0 Å². The minimum absolute atomic E-state index is 0.0549. The molecule has 1 aliphatic carbocycles. The molecule has 45 heavy (non-hydrogen) atoms. The molecule has 3 aromatic rings. The Morgan fingerprint density at radius 3 is 2.49 bits per heavy atom. The summed E-state index contributed by atoms with van der Waals surface area (Å²) >= 11 is 0. The highest BCUT2D eigenvalue weighted by atomic mass is 32.2. The standard InChI is InChI=1S/C33H36N4O6S2/c1-44(39,40)37-26-11-12-29-28(19-26)32(36-30(38)21-45(41,42)27-5-3-2-4-6-27)31(33(43-29)13-15-35-16-14-33)25-10-9-23-17-22(20-34)7-8-24(23)18-25/h2-8,11-12,17,19,25,31-32,35,37H,9-10,13-16,18,21H2,1H3,(H,36,38). The largest absolute Gasteiger partial charge is 0.486 e. The summed E-state index contributed by atoms with van der Waals surface area (Å²) < 4.78 is 60.1. The van der Waals surface area contributed by atoms with Gasteiger partial charge in [0, 0.05) is 17.2 Å². The molecule has 3 unspecified atom stereocenters. The quantitative estimate of drug-likeness (QED) is 0.352. The summed E-state index contributed by atoms with van der Waals surface area (Å²) in [4.78, 5) is 13.8. The van der Waals surface area contributed by atoms with Gasteiger partial charge < -0.3 is 15.4 Å². The van der Waals surface area contributed by atoms with E-state index >= 15 is 0 Å². The average Bonchev–Trinajstić information content (AvgIpc) is 3.01. The van der Waals surface area contributed by atoms with Crippen molar-refractivity contribution >= 4 is 31.5 Å². The van der Waals surface area contributed by atoms with Crippen LogP contribution in [0.2, 0.25) is 0 Å². The minimum atomic E-state index is -3.91. The summed E-state index contributed by atoms with van der Waals surface area (Å²) in [6.45, 7) is 1.44. The monoisotopic (exact) mass is 648 g/mol. The van der Waals surface area contributed by atoms with Crippen LogP contribution in [-0.2, 0) is 37.5 Å². The maximum atomic E-state index is 13.7. The van der Waals surface area contributed by atoms with E-state index in [0.717, 1.165) is 43.3 Å². The Bertz CT molecular complexity index is 1870. The third-order valence-corrected chi connectivity index (χ3v) is 11.5. The highest BCUT2D eigenvalue weighted by Gasteiger charge is 2.54. The number of hydrogen-bond acceptors (Lipinski definition) is 8. The predicted octanol–water partition coefficient (Wildman–Crippen LogP) is 3.50. The summed E-state index contributed by atoms with van der Waals surface area (Å²) in [7, 11) is -7.50. The normalized spacial score (nSPS) is 22.3. The van der Waals surface area contributed by atoms with Gasteiger partial charge in [0.2, 0.25) is 15.9 Å². The van der Waals surface area contributed by atoms with Crippen LogP contribution in [0.4, 0.5) is 5.69 Å². The van der Waals surface area contributed by atoms with Crippen LogP contribution in [0.5, 0.6) is 5.75 Å². The van der Waals surface area contributed by atoms with Crippen molar-refractivity contribution in [2.75, 3.05) is 29.8 Å². The number of amides is 1. The summed E-state index contributed by atoms with van der Waals surface area (Å²) in [6, 6.07) is 20.3. The van der Waals surface area contributed by atoms with Crippen molar-refractivity contribution in [1.29, 1.82) is 5.26 Å². The maximum Gasteiger partial charge on any atom is 0.236 e. The second kappa shape index (κ2) is 12.1. The first-order chi connectivity index (χ1) is 21.5. The Morgan fingerprint density at radius 1 is 1.02 bits per heavy atom. The number of benzene rings is 3. The van der Waals surface area contributed by atoms with Gasteiger partial charge in [0.1, 0.15) is 17.1 Å². The summed E-state index contributed by atoms with van der Waals surface area (Å²) in [5.74, 6) is -1.01. The molecule has 3 N–H and O–H groups in total. The second-order valence-electron chi connectivity index (χ2n) is 12.3. The maximum absolute atomic E-state index is 13.7. The number of piperidine rings is 1. The molecule has 236 valence electrons. The fourth-order valence-electron chi connectivity index (χ4n) is 7.36. The van der Waals surface area contributed by atoms with Gasteiger partial charge in [-0.3, -0.25) is 9.52 Å². The first-order valence-electron chi connectivity index (χ1n) is 15.1. The molecule has 0 bridgehead atoms. The van der Waals surface area contributed by atoms with Gasteiger partial charge in [0.25, 0.3) is 0 Å². The number of sulfonamides is 1. The molecule has 3 aliphatic rings. The van der Waals surface area contributed by atoms with Crippen molar-refractivity contribution in [1.82, 2.24) is 10.6 Å². The predicted molar refractivity (Wildman–Crippen MR) is 170 cm³/mol. The third kappa shape index (κ3) is 6.57. The van der Waals surface area contributed by atoms with Gasteiger partial charge in [0.05, 0.1) is 28.8 Å². The molecule has 1 amide bonds. The van der Waals surface area contributed by atoms with E-state index < -0.39 is 43.2 Å². The number of carbonyl (C=O) groups excluding carboxylic acids is 1. The zero-order chi connectivity index (χ0) is 31.8. The molecule has 2 heterocycles. The third-order valence-electron chi connectivity index (χ3n) is 9.23. The van der Waals surface area contributed by atoms with Crippen molar-refractivity contribution in [2.45, 2.75) is 48.6 Å². The van der Waals surface area contributed by atoms with Crippen LogP contribution in [0.3, 0.4) is 0 Å². The van der Waals surface area contributed by atoms with Crippen LogP contribution in [-0.4, -0.2) is 53.4 Å². The Morgan fingerprint density at radius 2 is 1.78 bits per heavy atom. The van der Waals surface area contributed by atoms with Gasteiger partial charge in [-0.25, -0.2) is 16.8 Å². The number of sulfone groups is 1. The number of nitrogens with one attached hydrogen (secondary N) is 3. The topological polar surface area (TPSA) is 154 Å². The number of ether oxygens (including phenoxy) is 1. The Hall–Kier alpha value is -3.92. The molecular formula is C33H36N4O6S2. The van der Waals surface area contributed by atoms with Crippen molar-refractivity contribution in [3.63, 3.8) is 0 Å². The molecule has 1 saturated heterocycles. The molecule has 6 rings (SSSR count). The highest BCUT2D eigenvalue weighted by molar-refractivity contribution is 7.92. The lowest BCUT2D eigenvalue weighted by Crippen LogP contribution is -2.60. The molecule has 0 saturated carbocycles. The first-order valence-corrected chi connectivity index (χ1v) is 18.6. The van der Waals surface area contributed by atoms with Crippen LogP contribution in [0.1, 0.15) is 47.6 Å². The Kier molecular flexibility index (Phi) is 8.37. The van der Waals surface area contributed by atoms with Crippen molar-refractivity contribution < 1.29 is 26.4 Å². The SMILES string of the molecule is CS(=O)(=O)Nc1ccc2c(c1)C(NC(=O)CS(=O)(=O)c1ccccc1)C(C1CCc3cc(C#N)ccc3C1)C1(CCNCC1)O2. The summed E-state index contributed by atoms with van der Waals surface area (Å²) in [6.07, 6.45) is 4.69. The number of carbonyl (C=O) groups is 1. The van der Waals surface area contributed by atoms with E-state index in [1.165, 1.54) is 12.1 Å². The van der Waals surface area contributed by atoms with Crippen LogP contribution in [0.15, 0.2) is 71.6 Å². The molecule has 2 aliphatic heterocycles. The van der Waals surface area contributed by atoms with Crippen molar-refractivity contribution in [2.24, 2.45) is 11.8 Å². The van der Waals surface area contributed by atoms with E-state index in [-0.39, 0.29) is 16.7 Å². The lowest BCUT2D eigenvalue weighted by molar-refractivity contribution is -0.123. The van der Waals surface area contributed by atoms with Gasteiger partial charge in [-0.2, -0.15) is 5.26 Å².